The van der Waals surface area contributed by atoms with Gasteiger partial charge in [0.15, 0.2) is 5.69 Å². The maximum Gasteiger partial charge on any atom is 0.299 e. The Hall–Kier alpha value is -3.13. The molecule has 3 N–H and O–H groups in total. The van der Waals surface area contributed by atoms with Crippen molar-refractivity contribution in [3.63, 3.8) is 0 Å². The summed E-state index contributed by atoms with van der Waals surface area (Å²) in [5.41, 5.74) is 0.376. The number of benzene rings is 2. The Morgan fingerprint density at radius 1 is 0.828 bits per heavy atom. The first-order chi connectivity index (χ1) is 13.5. The minimum absolute atomic E-state index is 0.0114. The van der Waals surface area contributed by atoms with Crippen LogP contribution in [-0.2, 0) is 20.2 Å². The Morgan fingerprint density at radius 2 is 1.31 bits per heavy atom. The zero-order valence-corrected chi connectivity index (χ0v) is 16.3. The van der Waals surface area contributed by atoms with Gasteiger partial charge in [0, 0.05) is 0 Å². The highest BCUT2D eigenvalue weighted by Gasteiger charge is 2.14. The van der Waals surface area contributed by atoms with E-state index in [2.05, 4.69) is 15.3 Å². The quantitative estimate of drug-likeness (QED) is 0.405. The summed E-state index contributed by atoms with van der Waals surface area (Å²) in [6, 6.07) is 9.84. The van der Waals surface area contributed by atoms with Crippen molar-refractivity contribution in [3.8, 4) is 5.69 Å². The van der Waals surface area contributed by atoms with E-state index in [1.54, 1.807) is 6.92 Å². The van der Waals surface area contributed by atoms with E-state index in [9.17, 15) is 21.6 Å². The van der Waals surface area contributed by atoms with E-state index < -0.39 is 25.8 Å². The molecule has 2 aromatic carbocycles. The van der Waals surface area contributed by atoms with Crippen molar-refractivity contribution < 1.29 is 25.9 Å². The highest BCUT2D eigenvalue weighted by Crippen LogP contribution is 2.21. The molecule has 1 aromatic heterocycles. The lowest BCUT2D eigenvalue weighted by molar-refractivity contribution is 0.481. The van der Waals surface area contributed by atoms with Crippen molar-refractivity contribution in [2.24, 2.45) is 10.2 Å². The lowest BCUT2D eigenvalue weighted by Crippen LogP contribution is -2.14. The van der Waals surface area contributed by atoms with Gasteiger partial charge in [-0.3, -0.25) is 19.0 Å². The van der Waals surface area contributed by atoms with Gasteiger partial charge in [-0.05, 0) is 55.5 Å². The summed E-state index contributed by atoms with van der Waals surface area (Å²) in [5.74, 6) is 0. The molecule has 29 heavy (non-hydrogen) atoms. The third kappa shape index (κ3) is 4.48. The molecule has 152 valence electrons. The van der Waals surface area contributed by atoms with Crippen molar-refractivity contribution in [2.45, 2.75) is 16.7 Å². The second kappa shape index (κ2) is 7.36. The van der Waals surface area contributed by atoms with Crippen molar-refractivity contribution >= 4 is 31.6 Å². The standard InChI is InChI=1S/C16H14N4O7S2/c1-10-15(18-17-11-2-6-13(7-3-11)28(22,23)24)16(21)20(19-10)12-4-8-14(9-5-12)29(25,26)27/h2-9,19H,1H3,(H,22,23,24)(H,25,26,27)/b18-17+. The Labute approximate surface area is 164 Å². The lowest BCUT2D eigenvalue weighted by atomic mass is 10.3. The Kier molecular flexibility index (Phi) is 5.23. The summed E-state index contributed by atoms with van der Waals surface area (Å²) < 4.78 is 63.4. The molecular weight excluding hydrogens is 424 g/mol. The SMILES string of the molecule is Cc1[nH]n(-c2ccc(S(=O)(=O)O)cc2)c(=O)c1/N=N/c1ccc(S(=O)(=O)O)cc1. The number of rotatable bonds is 5. The third-order valence-electron chi connectivity index (χ3n) is 3.83. The van der Waals surface area contributed by atoms with Crippen LogP contribution < -0.4 is 5.56 Å². The molecule has 0 radical (unpaired) electrons. The number of hydrogen-bond acceptors (Lipinski definition) is 7. The van der Waals surface area contributed by atoms with Crippen molar-refractivity contribution in [2.75, 3.05) is 0 Å². The molecule has 3 aromatic rings. The van der Waals surface area contributed by atoms with Gasteiger partial charge in [0.1, 0.15) is 0 Å². The number of hydrogen-bond donors (Lipinski definition) is 3. The molecule has 0 atom stereocenters. The smallest absolute Gasteiger partial charge is 0.293 e. The second-order valence-corrected chi connectivity index (χ2v) is 8.71. The van der Waals surface area contributed by atoms with E-state index in [-0.39, 0.29) is 21.2 Å². The van der Waals surface area contributed by atoms with Gasteiger partial charge in [-0.15, -0.1) is 5.11 Å². The third-order valence-corrected chi connectivity index (χ3v) is 5.57. The molecule has 0 amide bonds. The molecule has 0 saturated heterocycles. The van der Waals surface area contributed by atoms with E-state index >= 15 is 0 Å². The van der Waals surface area contributed by atoms with Crippen molar-refractivity contribution in [1.29, 1.82) is 0 Å². The number of aromatic amines is 1. The molecule has 0 aliphatic heterocycles. The van der Waals surface area contributed by atoms with Gasteiger partial charge in [0.2, 0.25) is 0 Å². The zero-order chi connectivity index (χ0) is 21.4. The van der Waals surface area contributed by atoms with Gasteiger partial charge in [-0.2, -0.15) is 21.9 Å². The highest BCUT2D eigenvalue weighted by molar-refractivity contribution is 7.86. The predicted octanol–water partition coefficient (Wildman–Crippen LogP) is 2.38. The fourth-order valence-electron chi connectivity index (χ4n) is 2.40. The van der Waals surface area contributed by atoms with Crippen molar-refractivity contribution in [3.05, 3.63) is 64.6 Å². The van der Waals surface area contributed by atoms with Gasteiger partial charge >= 0.3 is 0 Å². The van der Waals surface area contributed by atoms with Gasteiger partial charge in [0.05, 0.1) is 26.9 Å². The summed E-state index contributed by atoms with van der Waals surface area (Å²) in [5, 5.41) is 10.5. The van der Waals surface area contributed by atoms with Gasteiger partial charge in [-0.1, -0.05) is 0 Å². The Bertz CT molecular complexity index is 1350. The van der Waals surface area contributed by atoms with Crippen LogP contribution in [0.25, 0.3) is 5.69 Å². The fraction of sp³-hybridized carbons (Fsp3) is 0.0625. The number of nitrogens with one attached hydrogen (secondary N) is 1. The van der Waals surface area contributed by atoms with E-state index in [4.69, 9.17) is 9.11 Å². The van der Waals surface area contributed by atoms with Gasteiger partial charge < -0.3 is 0 Å². The predicted molar refractivity (Wildman–Crippen MR) is 101 cm³/mol. The first-order valence-corrected chi connectivity index (χ1v) is 10.7. The van der Waals surface area contributed by atoms with Crippen LogP contribution in [0.3, 0.4) is 0 Å². The van der Waals surface area contributed by atoms with Crippen LogP contribution in [0.2, 0.25) is 0 Å². The largest absolute Gasteiger partial charge is 0.299 e. The average molecular weight is 438 g/mol. The van der Waals surface area contributed by atoms with Gasteiger partial charge in [-0.25, -0.2) is 4.68 Å². The molecule has 13 heteroatoms. The number of azo groups is 1. The molecule has 0 aliphatic rings. The van der Waals surface area contributed by atoms with Gasteiger partial charge in [0.25, 0.3) is 25.8 Å². The summed E-state index contributed by atoms with van der Waals surface area (Å²) in [7, 11) is -8.67. The highest BCUT2D eigenvalue weighted by atomic mass is 32.2. The zero-order valence-electron chi connectivity index (χ0n) is 14.7. The van der Waals surface area contributed by atoms with Crippen LogP contribution in [0.1, 0.15) is 5.69 Å². The lowest BCUT2D eigenvalue weighted by Gasteiger charge is -2.02. The molecule has 11 nitrogen and oxygen atoms in total. The van der Waals surface area contributed by atoms with Crippen LogP contribution in [0.4, 0.5) is 11.4 Å². The first kappa shape index (κ1) is 20.6. The van der Waals surface area contributed by atoms with E-state index in [1.165, 1.54) is 24.3 Å². The Morgan fingerprint density at radius 3 is 1.79 bits per heavy atom. The Balaban J connectivity index is 1.92. The minimum atomic E-state index is -4.35. The fourth-order valence-corrected chi connectivity index (χ4v) is 3.36. The molecule has 1 heterocycles. The number of aryl methyl sites for hydroxylation is 1. The van der Waals surface area contributed by atoms with Crippen LogP contribution in [0, 0.1) is 6.92 Å². The average Bonchev–Trinajstić information content (AvgIpc) is 2.93. The molecule has 0 aliphatic carbocycles. The van der Waals surface area contributed by atoms with Crippen LogP contribution in [-0.4, -0.2) is 35.7 Å². The van der Waals surface area contributed by atoms with Crippen LogP contribution in [0.15, 0.2) is 73.3 Å². The number of nitrogens with zero attached hydrogens (tertiary/aromatic N) is 3. The molecule has 3 rings (SSSR count). The molecular formula is C16H14N4O7S2. The van der Waals surface area contributed by atoms with E-state index in [1.807, 2.05) is 0 Å². The summed E-state index contributed by atoms with van der Waals surface area (Å²) in [6.07, 6.45) is 0. The number of H-pyrrole nitrogens is 1. The van der Waals surface area contributed by atoms with E-state index in [0.29, 0.717) is 11.4 Å². The second-order valence-electron chi connectivity index (χ2n) is 5.86. The maximum atomic E-state index is 12.6. The summed E-state index contributed by atoms with van der Waals surface area (Å²) in [4.78, 5) is 12.0. The van der Waals surface area contributed by atoms with Crippen LogP contribution >= 0.6 is 0 Å². The normalized spacial score (nSPS) is 12.5. The van der Waals surface area contributed by atoms with E-state index in [0.717, 1.165) is 28.9 Å². The first-order valence-electron chi connectivity index (χ1n) is 7.85. The number of aromatic nitrogens is 2. The monoisotopic (exact) mass is 438 g/mol. The minimum Gasteiger partial charge on any atom is -0.293 e. The molecule has 0 saturated carbocycles. The maximum absolute atomic E-state index is 12.6. The topological polar surface area (TPSA) is 171 Å². The van der Waals surface area contributed by atoms with Crippen LogP contribution in [0.5, 0.6) is 0 Å². The summed E-state index contributed by atoms with van der Waals surface area (Å²) in [6.45, 7) is 1.58. The molecule has 0 fully saturated rings. The summed E-state index contributed by atoms with van der Waals surface area (Å²) >= 11 is 0. The molecule has 0 unspecified atom stereocenters. The van der Waals surface area contributed by atoms with Crippen molar-refractivity contribution in [1.82, 2.24) is 9.78 Å². The molecule has 0 bridgehead atoms. The molecule has 0 spiro atoms.